The number of carbonyl (C=O) groups excluding carboxylic acids is 1. The van der Waals surface area contributed by atoms with Gasteiger partial charge < -0.3 is 10.6 Å². The first-order valence-corrected chi connectivity index (χ1v) is 6.58. The third-order valence-electron chi connectivity index (χ3n) is 2.12. The smallest absolute Gasteiger partial charge is 0.314 e. The zero-order valence-corrected chi connectivity index (χ0v) is 11.0. The fraction of sp³-hybridized carbons (Fsp3) is 0. The number of benzene rings is 1. The number of carbonyl (C=O) groups is 1. The predicted octanol–water partition coefficient (Wildman–Crippen LogP) is 4.19. The van der Waals surface area contributed by atoms with E-state index in [2.05, 4.69) is 10.6 Å². The molecule has 0 aliphatic rings. The third-order valence-corrected chi connectivity index (χ3v) is 3.05. The van der Waals surface area contributed by atoms with Crippen molar-refractivity contribution >= 4 is 40.7 Å². The van der Waals surface area contributed by atoms with Crippen LogP contribution in [0.1, 0.15) is 5.56 Å². The van der Waals surface area contributed by atoms with Crippen LogP contribution in [0.3, 0.4) is 0 Å². The Morgan fingerprint density at radius 3 is 2.94 bits per heavy atom. The van der Waals surface area contributed by atoms with Gasteiger partial charge in [0, 0.05) is 16.9 Å². The average molecular weight is 279 g/mol. The van der Waals surface area contributed by atoms with Crippen LogP contribution in [0, 0.1) is 0 Å². The van der Waals surface area contributed by atoms with E-state index in [1.165, 1.54) is 0 Å². The van der Waals surface area contributed by atoms with Gasteiger partial charge in [0.2, 0.25) is 0 Å². The molecule has 3 nitrogen and oxygen atoms in total. The van der Waals surface area contributed by atoms with Crippen LogP contribution < -0.4 is 10.6 Å². The molecule has 92 valence electrons. The average Bonchev–Trinajstić information content (AvgIpc) is 2.82. The van der Waals surface area contributed by atoms with Crippen LogP contribution in [0.2, 0.25) is 5.02 Å². The molecule has 1 aromatic heterocycles. The second-order valence-corrected chi connectivity index (χ2v) is 4.72. The molecule has 0 atom stereocenters. The van der Waals surface area contributed by atoms with Crippen molar-refractivity contribution in [3.8, 4) is 0 Å². The quantitative estimate of drug-likeness (QED) is 0.868. The van der Waals surface area contributed by atoms with Gasteiger partial charge >= 0.3 is 6.03 Å². The van der Waals surface area contributed by atoms with E-state index in [1.54, 1.807) is 41.8 Å². The number of halogens is 1. The summed E-state index contributed by atoms with van der Waals surface area (Å²) < 4.78 is 0. The lowest BCUT2D eigenvalue weighted by molar-refractivity contribution is 0.255. The number of hydrogen-bond donors (Lipinski definition) is 2. The molecule has 0 radical (unpaired) electrons. The Morgan fingerprint density at radius 2 is 2.22 bits per heavy atom. The molecule has 5 heteroatoms. The largest absolute Gasteiger partial charge is 0.323 e. The normalized spacial score (nSPS) is 10.5. The first-order valence-electron chi connectivity index (χ1n) is 5.26. The van der Waals surface area contributed by atoms with E-state index in [0.29, 0.717) is 10.7 Å². The topological polar surface area (TPSA) is 41.1 Å². The first kappa shape index (κ1) is 12.7. The van der Waals surface area contributed by atoms with Gasteiger partial charge in [0.25, 0.3) is 0 Å². The summed E-state index contributed by atoms with van der Waals surface area (Å²) in [6.45, 7) is 0. The van der Waals surface area contributed by atoms with Crippen molar-refractivity contribution in [1.82, 2.24) is 5.32 Å². The highest BCUT2D eigenvalue weighted by Gasteiger charge is 1.99. The highest BCUT2D eigenvalue weighted by Crippen LogP contribution is 2.14. The molecule has 0 unspecified atom stereocenters. The summed E-state index contributed by atoms with van der Waals surface area (Å²) >= 11 is 7.42. The summed E-state index contributed by atoms with van der Waals surface area (Å²) in [5.74, 6) is 0. The zero-order valence-electron chi connectivity index (χ0n) is 9.39. The van der Waals surface area contributed by atoms with Crippen molar-refractivity contribution < 1.29 is 4.79 Å². The van der Waals surface area contributed by atoms with Crippen LogP contribution in [0.25, 0.3) is 6.08 Å². The third kappa shape index (κ3) is 3.91. The summed E-state index contributed by atoms with van der Waals surface area (Å²) in [7, 11) is 0. The summed E-state index contributed by atoms with van der Waals surface area (Å²) in [5, 5.41) is 9.86. The Labute approximate surface area is 114 Å². The zero-order chi connectivity index (χ0) is 12.8. The lowest BCUT2D eigenvalue weighted by Gasteiger charge is -2.04. The summed E-state index contributed by atoms with van der Waals surface area (Å²) in [5.41, 5.74) is 1.71. The molecule has 2 rings (SSSR count). The second-order valence-electron chi connectivity index (χ2n) is 3.50. The number of hydrogen-bond acceptors (Lipinski definition) is 2. The van der Waals surface area contributed by atoms with Crippen LogP contribution in [0.4, 0.5) is 10.5 Å². The Bertz CT molecular complexity index is 552. The highest BCUT2D eigenvalue weighted by molar-refractivity contribution is 7.08. The van der Waals surface area contributed by atoms with Crippen LogP contribution in [-0.2, 0) is 0 Å². The van der Waals surface area contributed by atoms with Gasteiger partial charge in [-0.1, -0.05) is 17.7 Å². The van der Waals surface area contributed by atoms with Crippen molar-refractivity contribution in [1.29, 1.82) is 0 Å². The molecule has 2 N–H and O–H groups in total. The fourth-order valence-electron chi connectivity index (χ4n) is 1.32. The minimum atomic E-state index is -0.302. The molecule has 0 aliphatic heterocycles. The number of rotatable bonds is 3. The number of nitrogens with one attached hydrogen (secondary N) is 2. The van der Waals surface area contributed by atoms with Crippen molar-refractivity contribution in [2.75, 3.05) is 5.32 Å². The van der Waals surface area contributed by atoms with E-state index in [1.807, 2.05) is 22.9 Å². The van der Waals surface area contributed by atoms with Gasteiger partial charge in [-0.15, -0.1) is 0 Å². The Hall–Kier alpha value is -1.78. The molecular weight excluding hydrogens is 268 g/mol. The lowest BCUT2D eigenvalue weighted by Crippen LogP contribution is -2.23. The van der Waals surface area contributed by atoms with Crippen LogP contribution in [0.5, 0.6) is 0 Å². The minimum Gasteiger partial charge on any atom is -0.314 e. The molecule has 0 spiro atoms. The van der Waals surface area contributed by atoms with E-state index in [9.17, 15) is 4.79 Å². The molecule has 0 aliphatic carbocycles. The van der Waals surface area contributed by atoms with Crippen molar-refractivity contribution in [2.24, 2.45) is 0 Å². The minimum absolute atomic E-state index is 0.302. The molecule has 1 heterocycles. The van der Waals surface area contributed by atoms with Crippen molar-refractivity contribution in [2.45, 2.75) is 0 Å². The van der Waals surface area contributed by atoms with E-state index < -0.39 is 0 Å². The monoisotopic (exact) mass is 278 g/mol. The summed E-state index contributed by atoms with van der Waals surface area (Å²) in [4.78, 5) is 11.5. The van der Waals surface area contributed by atoms with E-state index in [4.69, 9.17) is 11.6 Å². The predicted molar refractivity (Wildman–Crippen MR) is 77.0 cm³/mol. The van der Waals surface area contributed by atoms with E-state index >= 15 is 0 Å². The first-order chi connectivity index (χ1) is 8.74. The molecule has 2 aromatic rings. The second kappa shape index (κ2) is 6.23. The van der Waals surface area contributed by atoms with Crippen LogP contribution in [0.15, 0.2) is 47.3 Å². The maximum absolute atomic E-state index is 11.5. The SMILES string of the molecule is O=C(NC=Cc1ccsc1)Nc1cccc(Cl)c1. The van der Waals surface area contributed by atoms with Gasteiger partial charge in [0.05, 0.1) is 0 Å². The molecule has 0 bridgehead atoms. The Balaban J connectivity index is 1.86. The Morgan fingerprint density at radius 1 is 1.33 bits per heavy atom. The Kier molecular flexibility index (Phi) is 4.39. The highest BCUT2D eigenvalue weighted by atomic mass is 35.5. The van der Waals surface area contributed by atoms with E-state index in [0.717, 1.165) is 5.56 Å². The van der Waals surface area contributed by atoms with E-state index in [-0.39, 0.29) is 6.03 Å². The van der Waals surface area contributed by atoms with Crippen LogP contribution >= 0.6 is 22.9 Å². The van der Waals surface area contributed by atoms with Gasteiger partial charge in [-0.2, -0.15) is 11.3 Å². The lowest BCUT2D eigenvalue weighted by atomic mass is 10.3. The van der Waals surface area contributed by atoms with Crippen LogP contribution in [-0.4, -0.2) is 6.03 Å². The van der Waals surface area contributed by atoms with Crippen molar-refractivity contribution in [3.63, 3.8) is 0 Å². The number of anilines is 1. The van der Waals surface area contributed by atoms with Gasteiger partial charge in [-0.05, 0) is 46.7 Å². The number of amides is 2. The summed E-state index contributed by atoms with van der Waals surface area (Å²) in [6.07, 6.45) is 3.43. The fourth-order valence-corrected chi connectivity index (χ4v) is 2.14. The molecule has 0 saturated heterocycles. The molecule has 18 heavy (non-hydrogen) atoms. The van der Waals surface area contributed by atoms with Crippen molar-refractivity contribution in [3.05, 3.63) is 57.9 Å². The summed E-state index contributed by atoms with van der Waals surface area (Å²) in [6, 6.07) is 8.65. The van der Waals surface area contributed by atoms with Gasteiger partial charge in [0.1, 0.15) is 0 Å². The maximum Gasteiger partial charge on any atom is 0.323 e. The maximum atomic E-state index is 11.5. The molecule has 2 amide bonds. The molecule has 0 saturated carbocycles. The van der Waals surface area contributed by atoms with Gasteiger partial charge in [-0.25, -0.2) is 4.79 Å². The molecule has 1 aromatic carbocycles. The van der Waals surface area contributed by atoms with Gasteiger partial charge in [0.15, 0.2) is 0 Å². The number of urea groups is 1. The molecule has 0 fully saturated rings. The standard InChI is InChI=1S/C13H11ClN2OS/c14-11-2-1-3-12(8-11)16-13(17)15-6-4-10-5-7-18-9-10/h1-9H,(H2,15,16,17). The number of thiophene rings is 1. The van der Waals surface area contributed by atoms with Gasteiger partial charge in [-0.3, -0.25) is 0 Å². The molecular formula is C13H11ClN2OS.